The van der Waals surface area contributed by atoms with Gasteiger partial charge < -0.3 is 4.90 Å². The fraction of sp³-hybridized carbons (Fsp3) is 0.0270. The summed E-state index contributed by atoms with van der Waals surface area (Å²) >= 11 is 0. The summed E-state index contributed by atoms with van der Waals surface area (Å²) in [5.74, 6) is 0.186. The zero-order valence-corrected chi connectivity index (χ0v) is 41.4. The maximum atomic E-state index is 2.42. The van der Waals surface area contributed by atoms with Crippen LogP contribution in [0.25, 0.3) is 98.0 Å². The first-order chi connectivity index (χ1) is 37.2. The van der Waals surface area contributed by atoms with E-state index >= 15 is 0 Å². The van der Waals surface area contributed by atoms with E-state index in [-0.39, 0.29) is 5.92 Å². The maximum Gasteiger partial charge on any atom is 0.0467 e. The molecule has 14 rings (SSSR count). The van der Waals surface area contributed by atoms with E-state index in [1.54, 1.807) is 0 Å². The van der Waals surface area contributed by atoms with Gasteiger partial charge in [0.25, 0.3) is 0 Å². The number of nitrogens with zero attached hydrogens (tertiary/aromatic N) is 1. The molecule has 0 heterocycles. The highest BCUT2D eigenvalue weighted by atomic mass is 15.1. The van der Waals surface area contributed by atoms with Crippen LogP contribution in [0.15, 0.2) is 291 Å². The van der Waals surface area contributed by atoms with E-state index in [0.29, 0.717) is 0 Å². The molecule has 0 N–H and O–H groups in total. The minimum Gasteiger partial charge on any atom is -0.310 e. The van der Waals surface area contributed by atoms with Crippen LogP contribution < -0.4 is 4.90 Å². The molecule has 0 aromatic heterocycles. The Morgan fingerprint density at radius 1 is 0.213 bits per heavy atom. The number of hydrogen-bond donors (Lipinski definition) is 0. The van der Waals surface area contributed by atoms with Crippen molar-refractivity contribution < 1.29 is 0 Å². The molecule has 0 fully saturated rings. The molecule has 0 aliphatic rings. The standard InChI is InChI=1S/C74H51N/c1-3-17-53(18-4-1)72(58-21-15-19-54(46-58)56-39-43-70-66-29-9-7-25-62(66)64-27-11-13-31-68(64)73(70)48-56)45-50-33-35-51(36-34-50)52-37-41-60(42-38-52)75(59-22-5-2-6-23-59)61-24-16-20-55(47-61)57-40-44-71-67-30-10-8-26-63(67)65-28-12-14-32-69(65)74(71)49-57/h1-44,46-49,72H,45H2. The van der Waals surface area contributed by atoms with Gasteiger partial charge in [-0.25, -0.2) is 0 Å². The largest absolute Gasteiger partial charge is 0.310 e. The van der Waals surface area contributed by atoms with Gasteiger partial charge >= 0.3 is 0 Å². The average molecular weight is 954 g/mol. The molecule has 352 valence electrons. The van der Waals surface area contributed by atoms with Gasteiger partial charge in [-0.15, -0.1) is 0 Å². The maximum absolute atomic E-state index is 2.42. The summed E-state index contributed by atoms with van der Waals surface area (Å²) in [5, 5.41) is 15.5. The summed E-state index contributed by atoms with van der Waals surface area (Å²) in [6, 6.07) is 107. The van der Waals surface area contributed by atoms with E-state index in [0.717, 1.165) is 23.5 Å². The van der Waals surface area contributed by atoms with Crippen LogP contribution in [0.1, 0.15) is 22.6 Å². The second-order valence-corrected chi connectivity index (χ2v) is 20.0. The second kappa shape index (κ2) is 18.8. The van der Waals surface area contributed by atoms with Crippen LogP contribution in [0.3, 0.4) is 0 Å². The number of fused-ring (bicyclic) bond motifs is 12. The van der Waals surface area contributed by atoms with Crippen molar-refractivity contribution >= 4 is 81.7 Å². The van der Waals surface area contributed by atoms with E-state index in [9.17, 15) is 0 Å². The van der Waals surface area contributed by atoms with Crippen molar-refractivity contribution in [2.24, 2.45) is 0 Å². The fourth-order valence-corrected chi connectivity index (χ4v) is 11.9. The van der Waals surface area contributed by atoms with Crippen LogP contribution >= 0.6 is 0 Å². The van der Waals surface area contributed by atoms with Gasteiger partial charge in [0.05, 0.1) is 0 Å². The smallest absolute Gasteiger partial charge is 0.0467 e. The van der Waals surface area contributed by atoms with Crippen molar-refractivity contribution in [2.75, 3.05) is 4.90 Å². The molecular weight excluding hydrogens is 903 g/mol. The molecule has 1 unspecified atom stereocenters. The number of para-hydroxylation sites is 1. The molecule has 0 spiro atoms. The Morgan fingerprint density at radius 3 is 1.07 bits per heavy atom. The van der Waals surface area contributed by atoms with Crippen LogP contribution in [0.2, 0.25) is 0 Å². The third-order valence-corrected chi connectivity index (χ3v) is 15.6. The number of benzene rings is 14. The summed E-state index contributed by atoms with van der Waals surface area (Å²) < 4.78 is 0. The molecule has 0 amide bonds. The van der Waals surface area contributed by atoms with Crippen LogP contribution in [0.5, 0.6) is 0 Å². The zero-order chi connectivity index (χ0) is 49.7. The second-order valence-electron chi connectivity index (χ2n) is 20.0. The lowest BCUT2D eigenvalue weighted by Crippen LogP contribution is -2.09. The van der Waals surface area contributed by atoms with Crippen molar-refractivity contribution in [1.82, 2.24) is 0 Å². The zero-order valence-electron chi connectivity index (χ0n) is 41.4. The number of hydrogen-bond acceptors (Lipinski definition) is 1. The fourth-order valence-electron chi connectivity index (χ4n) is 11.9. The lowest BCUT2D eigenvalue weighted by molar-refractivity contribution is 0.805. The van der Waals surface area contributed by atoms with Crippen LogP contribution in [0, 0.1) is 0 Å². The van der Waals surface area contributed by atoms with Gasteiger partial charge in [0.15, 0.2) is 0 Å². The molecule has 14 aromatic carbocycles. The monoisotopic (exact) mass is 953 g/mol. The first-order valence-corrected chi connectivity index (χ1v) is 26.2. The first-order valence-electron chi connectivity index (χ1n) is 26.2. The van der Waals surface area contributed by atoms with Crippen molar-refractivity contribution in [1.29, 1.82) is 0 Å². The Balaban J connectivity index is 0.755. The van der Waals surface area contributed by atoms with Crippen LogP contribution in [0.4, 0.5) is 17.1 Å². The molecule has 75 heavy (non-hydrogen) atoms. The van der Waals surface area contributed by atoms with Crippen molar-refractivity contribution in [3.63, 3.8) is 0 Å². The van der Waals surface area contributed by atoms with E-state index < -0.39 is 0 Å². The molecule has 14 aromatic rings. The Kier molecular flexibility index (Phi) is 11.1. The number of rotatable bonds is 10. The highest BCUT2D eigenvalue weighted by molar-refractivity contribution is 6.27. The molecule has 0 bridgehead atoms. The van der Waals surface area contributed by atoms with Gasteiger partial charge in [-0.2, -0.15) is 0 Å². The van der Waals surface area contributed by atoms with E-state index in [2.05, 4.69) is 296 Å². The Hall–Kier alpha value is -9.56. The summed E-state index contributed by atoms with van der Waals surface area (Å²) in [6.45, 7) is 0. The van der Waals surface area contributed by atoms with Crippen molar-refractivity contribution in [3.8, 4) is 33.4 Å². The molecule has 0 radical (unpaired) electrons. The first kappa shape index (κ1) is 44.2. The van der Waals surface area contributed by atoms with E-state index in [1.165, 1.54) is 115 Å². The Bertz CT molecular complexity index is 4350. The van der Waals surface area contributed by atoms with E-state index in [1.807, 2.05) is 0 Å². The summed E-state index contributed by atoms with van der Waals surface area (Å²) in [5.41, 5.74) is 14.5. The highest BCUT2D eigenvalue weighted by Crippen LogP contribution is 2.42. The van der Waals surface area contributed by atoms with Gasteiger partial charge in [0.2, 0.25) is 0 Å². The predicted octanol–water partition coefficient (Wildman–Crippen LogP) is 20.5. The molecular formula is C74H51N. The molecule has 0 aliphatic carbocycles. The molecule has 0 aliphatic heterocycles. The average Bonchev–Trinajstić information content (AvgIpc) is 3.49. The van der Waals surface area contributed by atoms with Crippen molar-refractivity contribution in [3.05, 3.63) is 308 Å². The third-order valence-electron chi connectivity index (χ3n) is 15.6. The van der Waals surface area contributed by atoms with Crippen molar-refractivity contribution in [2.45, 2.75) is 12.3 Å². The third kappa shape index (κ3) is 8.07. The van der Waals surface area contributed by atoms with Gasteiger partial charge in [-0.05, 0) is 170 Å². The summed E-state index contributed by atoms with van der Waals surface area (Å²) in [7, 11) is 0. The van der Waals surface area contributed by atoms with Gasteiger partial charge in [0, 0.05) is 23.0 Å². The van der Waals surface area contributed by atoms with Crippen LogP contribution in [-0.2, 0) is 6.42 Å². The Morgan fingerprint density at radius 2 is 0.560 bits per heavy atom. The number of anilines is 3. The van der Waals surface area contributed by atoms with E-state index in [4.69, 9.17) is 0 Å². The van der Waals surface area contributed by atoms with Crippen LogP contribution in [-0.4, -0.2) is 0 Å². The molecule has 0 saturated heterocycles. The van der Waals surface area contributed by atoms with Gasteiger partial charge in [-0.3, -0.25) is 0 Å². The Labute approximate surface area is 437 Å². The predicted molar refractivity (Wildman–Crippen MR) is 321 cm³/mol. The highest BCUT2D eigenvalue weighted by Gasteiger charge is 2.19. The molecule has 1 heteroatoms. The lowest BCUT2D eigenvalue weighted by atomic mass is 9.84. The molecule has 1 nitrogen and oxygen atoms in total. The molecule has 1 atom stereocenters. The SMILES string of the molecule is c1ccc(C(Cc2ccc(-c3ccc(N(c4ccccc4)c4cccc(-c5ccc6c7ccccc7c7ccccc7c6c5)c4)cc3)cc2)c2cccc(-c3ccc4c5ccccc5c5ccccc5c4c3)c2)cc1. The summed E-state index contributed by atoms with van der Waals surface area (Å²) in [6.07, 6.45) is 0.888. The minimum atomic E-state index is 0.186. The van der Waals surface area contributed by atoms with Gasteiger partial charge in [0.1, 0.15) is 0 Å². The molecule has 0 saturated carbocycles. The topological polar surface area (TPSA) is 3.24 Å². The lowest BCUT2D eigenvalue weighted by Gasteiger charge is -2.26. The summed E-state index contributed by atoms with van der Waals surface area (Å²) in [4.78, 5) is 2.36. The normalized spacial score (nSPS) is 12.0. The quantitative estimate of drug-likeness (QED) is 0.124. The minimum absolute atomic E-state index is 0.186. The van der Waals surface area contributed by atoms with Gasteiger partial charge in [-0.1, -0.05) is 243 Å².